The Bertz CT molecular complexity index is 437. The van der Waals surface area contributed by atoms with E-state index in [9.17, 15) is 0 Å². The van der Waals surface area contributed by atoms with Gasteiger partial charge in [0, 0.05) is 4.47 Å². The van der Waals surface area contributed by atoms with Gasteiger partial charge in [0.05, 0.1) is 0 Å². The standard InChI is InChI=1S/C12H10BBr/c13-12-7-6-10(14)8-11(12)9-4-2-1-3-5-9/h1-8H,13H2. The molecule has 0 aromatic heterocycles. The third-order valence-electron chi connectivity index (χ3n) is 2.28. The largest absolute Gasteiger partial charge is 0.140 e. The molecule has 0 aliphatic rings. The summed E-state index contributed by atoms with van der Waals surface area (Å²) in [4.78, 5) is 0. The Hall–Kier alpha value is -1.02. The molecule has 0 amide bonds. The fourth-order valence-corrected chi connectivity index (χ4v) is 1.88. The highest BCUT2D eigenvalue weighted by molar-refractivity contribution is 9.10. The molecule has 0 heterocycles. The van der Waals surface area contributed by atoms with E-state index in [1.807, 2.05) is 6.07 Å². The maximum atomic E-state index is 3.49. The van der Waals surface area contributed by atoms with Crippen LogP contribution in [0.1, 0.15) is 0 Å². The first-order chi connectivity index (χ1) is 6.77. The highest BCUT2D eigenvalue weighted by atomic mass is 79.9. The first-order valence-electron chi connectivity index (χ1n) is 4.59. The van der Waals surface area contributed by atoms with Gasteiger partial charge in [-0.05, 0) is 23.3 Å². The smallest absolute Gasteiger partial charge is 0.0812 e. The molecule has 2 aromatic carbocycles. The molecule has 0 nitrogen and oxygen atoms in total. The molecular weight excluding hydrogens is 235 g/mol. The van der Waals surface area contributed by atoms with E-state index in [1.165, 1.54) is 16.6 Å². The van der Waals surface area contributed by atoms with Crippen molar-refractivity contribution in [3.63, 3.8) is 0 Å². The van der Waals surface area contributed by atoms with Crippen molar-refractivity contribution in [1.82, 2.24) is 0 Å². The van der Waals surface area contributed by atoms with Gasteiger partial charge in [0.2, 0.25) is 0 Å². The summed E-state index contributed by atoms with van der Waals surface area (Å²) in [5.74, 6) is 0. The molecule has 2 rings (SSSR count). The Morgan fingerprint density at radius 3 is 2.36 bits per heavy atom. The molecule has 0 saturated heterocycles. The molecule has 68 valence electrons. The molecule has 2 aromatic rings. The lowest BCUT2D eigenvalue weighted by Crippen LogP contribution is -2.05. The van der Waals surface area contributed by atoms with Gasteiger partial charge in [-0.2, -0.15) is 0 Å². The van der Waals surface area contributed by atoms with Crippen molar-refractivity contribution < 1.29 is 0 Å². The normalized spacial score (nSPS) is 10.1. The molecule has 0 fully saturated rings. The monoisotopic (exact) mass is 244 g/mol. The third kappa shape index (κ3) is 1.90. The summed E-state index contributed by atoms with van der Waals surface area (Å²) in [5.41, 5.74) is 3.87. The van der Waals surface area contributed by atoms with Crippen LogP contribution >= 0.6 is 15.9 Å². The number of hydrogen-bond acceptors (Lipinski definition) is 0. The minimum absolute atomic E-state index is 1.13. The van der Waals surface area contributed by atoms with Crippen molar-refractivity contribution in [1.29, 1.82) is 0 Å². The van der Waals surface area contributed by atoms with Crippen LogP contribution in [0.2, 0.25) is 0 Å². The van der Waals surface area contributed by atoms with E-state index in [0.717, 1.165) is 4.47 Å². The van der Waals surface area contributed by atoms with Crippen molar-refractivity contribution in [2.75, 3.05) is 0 Å². The van der Waals surface area contributed by atoms with Gasteiger partial charge < -0.3 is 0 Å². The molecule has 0 N–H and O–H groups in total. The lowest BCUT2D eigenvalue weighted by atomic mass is 9.87. The lowest BCUT2D eigenvalue weighted by molar-refractivity contribution is 1.62. The topological polar surface area (TPSA) is 0 Å². The van der Waals surface area contributed by atoms with E-state index in [1.54, 1.807) is 0 Å². The maximum absolute atomic E-state index is 3.49. The summed E-state index contributed by atoms with van der Waals surface area (Å²) in [6.45, 7) is 0. The van der Waals surface area contributed by atoms with Gasteiger partial charge in [-0.3, -0.25) is 0 Å². The molecule has 0 aliphatic carbocycles. The van der Waals surface area contributed by atoms with Crippen LogP contribution in [-0.2, 0) is 0 Å². The molecule has 0 bridgehead atoms. The molecule has 0 saturated carbocycles. The minimum atomic E-state index is 1.13. The average Bonchev–Trinajstić information content (AvgIpc) is 2.23. The number of hydrogen-bond donors (Lipinski definition) is 0. The first-order valence-corrected chi connectivity index (χ1v) is 5.38. The van der Waals surface area contributed by atoms with E-state index < -0.39 is 0 Å². The second-order valence-electron chi connectivity index (χ2n) is 3.33. The highest BCUT2D eigenvalue weighted by Crippen LogP contribution is 2.20. The van der Waals surface area contributed by atoms with Gasteiger partial charge in [-0.1, -0.05) is 57.8 Å². The fraction of sp³-hybridized carbons (Fsp3) is 0. The van der Waals surface area contributed by atoms with Gasteiger partial charge in [-0.15, -0.1) is 0 Å². The van der Waals surface area contributed by atoms with Crippen LogP contribution in [0, 0.1) is 0 Å². The molecule has 0 radical (unpaired) electrons. The molecule has 2 heteroatoms. The van der Waals surface area contributed by atoms with Crippen LogP contribution in [0.25, 0.3) is 11.1 Å². The van der Waals surface area contributed by atoms with E-state index in [-0.39, 0.29) is 0 Å². The highest BCUT2D eigenvalue weighted by Gasteiger charge is 2.00. The summed E-state index contributed by atoms with van der Waals surface area (Å²) in [6, 6.07) is 16.8. The van der Waals surface area contributed by atoms with Crippen LogP contribution in [0.4, 0.5) is 0 Å². The molecule has 0 unspecified atom stereocenters. The molecule has 0 aliphatic heterocycles. The SMILES string of the molecule is Bc1ccc(Br)cc1-c1ccccc1. The maximum Gasteiger partial charge on any atom is 0.140 e. The second kappa shape index (κ2) is 4.01. The Kier molecular flexibility index (Phi) is 2.73. The fourth-order valence-electron chi connectivity index (χ4n) is 1.52. The van der Waals surface area contributed by atoms with Crippen molar-refractivity contribution in [2.45, 2.75) is 0 Å². The van der Waals surface area contributed by atoms with Crippen LogP contribution in [0.15, 0.2) is 53.0 Å². The van der Waals surface area contributed by atoms with Crippen LogP contribution in [0.3, 0.4) is 0 Å². The van der Waals surface area contributed by atoms with Gasteiger partial charge in [0.25, 0.3) is 0 Å². The first kappa shape index (κ1) is 9.54. The summed E-state index contributed by atoms with van der Waals surface area (Å²) >= 11 is 3.49. The van der Waals surface area contributed by atoms with Crippen LogP contribution in [-0.4, -0.2) is 7.85 Å². The predicted molar refractivity (Wildman–Crippen MR) is 67.8 cm³/mol. The number of rotatable bonds is 1. The second-order valence-corrected chi connectivity index (χ2v) is 4.24. The summed E-state index contributed by atoms with van der Waals surface area (Å²) in [5, 5.41) is 0. The Morgan fingerprint density at radius 2 is 1.64 bits per heavy atom. The van der Waals surface area contributed by atoms with E-state index in [0.29, 0.717) is 0 Å². The van der Waals surface area contributed by atoms with Crippen LogP contribution in [0.5, 0.6) is 0 Å². The van der Waals surface area contributed by atoms with Crippen LogP contribution < -0.4 is 5.46 Å². The zero-order valence-corrected chi connectivity index (χ0v) is 9.58. The van der Waals surface area contributed by atoms with Gasteiger partial charge in [0.15, 0.2) is 0 Å². The summed E-state index contributed by atoms with van der Waals surface area (Å²) in [6.07, 6.45) is 0. The zero-order chi connectivity index (χ0) is 9.97. The minimum Gasteiger partial charge on any atom is -0.0812 e. The summed E-state index contributed by atoms with van der Waals surface area (Å²) < 4.78 is 1.13. The Morgan fingerprint density at radius 1 is 0.929 bits per heavy atom. The number of benzene rings is 2. The van der Waals surface area contributed by atoms with E-state index >= 15 is 0 Å². The van der Waals surface area contributed by atoms with Gasteiger partial charge in [0.1, 0.15) is 7.85 Å². The Balaban J connectivity index is 2.57. The molecule has 0 atom stereocenters. The van der Waals surface area contributed by atoms with E-state index in [4.69, 9.17) is 0 Å². The predicted octanol–water partition coefficient (Wildman–Crippen LogP) is 2.37. The lowest BCUT2D eigenvalue weighted by Gasteiger charge is -2.06. The Labute approximate surface area is 93.5 Å². The van der Waals surface area contributed by atoms with Crippen molar-refractivity contribution in [3.05, 3.63) is 53.0 Å². The molecular formula is C12H10BBr. The third-order valence-corrected chi connectivity index (χ3v) is 2.78. The van der Waals surface area contributed by atoms with Crippen molar-refractivity contribution >= 4 is 29.2 Å². The molecule has 14 heavy (non-hydrogen) atoms. The quantitative estimate of drug-likeness (QED) is 0.676. The van der Waals surface area contributed by atoms with Gasteiger partial charge >= 0.3 is 0 Å². The average molecular weight is 245 g/mol. The van der Waals surface area contributed by atoms with E-state index in [2.05, 4.69) is 66.2 Å². The number of halogens is 1. The van der Waals surface area contributed by atoms with Gasteiger partial charge in [-0.25, -0.2) is 0 Å². The van der Waals surface area contributed by atoms with Crippen molar-refractivity contribution in [2.24, 2.45) is 0 Å². The molecule has 0 spiro atoms. The van der Waals surface area contributed by atoms with Crippen molar-refractivity contribution in [3.8, 4) is 11.1 Å². The summed E-state index contributed by atoms with van der Waals surface area (Å²) in [7, 11) is 2.13. The zero-order valence-electron chi connectivity index (χ0n) is 8.00.